The van der Waals surface area contributed by atoms with Crippen molar-refractivity contribution < 1.29 is 8.42 Å². The molecule has 3 radical (unpaired) electrons. The molecule has 0 saturated heterocycles. The first-order chi connectivity index (χ1) is 4.56. The van der Waals surface area contributed by atoms with Gasteiger partial charge in [0.2, 0.25) is 0 Å². The Kier molecular flexibility index (Phi) is 15.7. The Morgan fingerprint density at radius 3 is 1.64 bits per heavy atom. The monoisotopic (exact) mass is 177 g/mol. The third kappa shape index (κ3) is 25.6. The highest BCUT2D eigenvalue weighted by molar-refractivity contribution is 7.90. The molecule has 0 spiro atoms. The summed E-state index contributed by atoms with van der Waals surface area (Å²) in [6.07, 6.45) is 3.01. The van der Waals surface area contributed by atoms with E-state index in [9.17, 15) is 8.42 Å². The highest BCUT2D eigenvalue weighted by atomic mass is 32.2. The minimum Gasteiger partial charge on any atom is -0.229 e. The van der Waals surface area contributed by atoms with Crippen molar-refractivity contribution in [3.8, 4) is 0 Å². The largest absolute Gasteiger partial charge is 0.229 e. The summed E-state index contributed by atoms with van der Waals surface area (Å²) in [6, 6.07) is 0. The van der Waals surface area contributed by atoms with E-state index in [2.05, 4.69) is 0 Å². The first-order valence-electron chi connectivity index (χ1n) is 3.74. The molecular weight excluding hydrogens is 159 g/mol. The van der Waals surface area contributed by atoms with Crippen molar-refractivity contribution in [1.82, 2.24) is 0 Å². The zero-order valence-electron chi connectivity index (χ0n) is 7.92. The first kappa shape index (κ1) is 17.2. The van der Waals surface area contributed by atoms with Crippen LogP contribution < -0.4 is 0 Å². The third-order valence-corrected chi connectivity index (χ3v) is 1.90. The summed E-state index contributed by atoms with van der Waals surface area (Å²) in [6.45, 7) is 5.98. The number of hydrogen-bond donors (Lipinski definition) is 0. The number of rotatable bonds is 3. The van der Waals surface area contributed by atoms with E-state index in [1.807, 2.05) is 20.8 Å². The van der Waals surface area contributed by atoms with Crippen molar-refractivity contribution in [1.29, 1.82) is 0 Å². The van der Waals surface area contributed by atoms with Crippen LogP contribution in [0.4, 0.5) is 0 Å². The fourth-order valence-electron chi connectivity index (χ4n) is 0.407. The molecule has 0 unspecified atom stereocenters. The summed E-state index contributed by atoms with van der Waals surface area (Å²) in [5.74, 6) is 0.337. The molecule has 0 N–H and O–H groups in total. The van der Waals surface area contributed by atoms with Crippen LogP contribution in [-0.4, -0.2) is 28.8 Å². The van der Waals surface area contributed by atoms with Crippen molar-refractivity contribution in [2.75, 3.05) is 12.0 Å². The van der Waals surface area contributed by atoms with Crippen molar-refractivity contribution in [3.05, 3.63) is 0 Å². The molecule has 0 rings (SSSR count). The quantitative estimate of drug-likeness (QED) is 0.612. The summed E-state index contributed by atoms with van der Waals surface area (Å²) in [5, 5.41) is 0. The first-order valence-corrected chi connectivity index (χ1v) is 5.80. The smallest absolute Gasteiger partial charge is 0.147 e. The minimum atomic E-state index is -2.69. The standard InChI is InChI=1S/C5H12O2S.C2H6.B/c1-3-4-5-8(2,6)7;1-2;/h3-5H2,1-2H3;1-2H3;. The molecular formula is C7H18BO2S. The summed E-state index contributed by atoms with van der Waals surface area (Å²) < 4.78 is 20.8. The number of unbranched alkanes of at least 4 members (excludes halogenated alkanes) is 1. The van der Waals surface area contributed by atoms with E-state index in [1.54, 1.807) is 0 Å². The van der Waals surface area contributed by atoms with Crippen LogP contribution in [0.15, 0.2) is 0 Å². The van der Waals surface area contributed by atoms with Crippen molar-refractivity contribution in [2.24, 2.45) is 0 Å². The van der Waals surface area contributed by atoms with Gasteiger partial charge in [0.05, 0.1) is 0 Å². The highest BCUT2D eigenvalue weighted by Crippen LogP contribution is 1.91. The summed E-state index contributed by atoms with van der Waals surface area (Å²) in [7, 11) is -2.69. The lowest BCUT2D eigenvalue weighted by molar-refractivity contribution is 0.598. The van der Waals surface area contributed by atoms with E-state index >= 15 is 0 Å². The summed E-state index contributed by atoms with van der Waals surface area (Å²) >= 11 is 0. The lowest BCUT2D eigenvalue weighted by atomic mass is 10.4. The van der Waals surface area contributed by atoms with Crippen molar-refractivity contribution in [2.45, 2.75) is 33.6 Å². The molecule has 0 bridgehead atoms. The SMILES string of the molecule is CC.CCCCS(C)(=O)=O.[B]. The van der Waals surface area contributed by atoms with E-state index < -0.39 is 9.84 Å². The van der Waals surface area contributed by atoms with Gasteiger partial charge in [-0.2, -0.15) is 0 Å². The molecule has 0 aliphatic heterocycles. The maximum absolute atomic E-state index is 10.4. The fraction of sp³-hybridized carbons (Fsp3) is 1.00. The van der Waals surface area contributed by atoms with E-state index in [-0.39, 0.29) is 8.41 Å². The molecule has 11 heavy (non-hydrogen) atoms. The molecule has 2 nitrogen and oxygen atoms in total. The normalized spacial score (nSPS) is 9.09. The van der Waals surface area contributed by atoms with Gasteiger partial charge >= 0.3 is 0 Å². The maximum atomic E-state index is 10.4. The van der Waals surface area contributed by atoms with Gasteiger partial charge in [0, 0.05) is 20.4 Å². The van der Waals surface area contributed by atoms with Crippen LogP contribution in [0.3, 0.4) is 0 Å². The lowest BCUT2D eigenvalue weighted by Crippen LogP contribution is -2.01. The van der Waals surface area contributed by atoms with Gasteiger partial charge in [0.15, 0.2) is 0 Å². The van der Waals surface area contributed by atoms with Gasteiger partial charge in [0.1, 0.15) is 9.84 Å². The lowest BCUT2D eigenvalue weighted by Gasteiger charge is -1.91. The van der Waals surface area contributed by atoms with Crippen molar-refractivity contribution in [3.63, 3.8) is 0 Å². The molecule has 0 saturated carbocycles. The predicted octanol–water partition coefficient (Wildman–Crippen LogP) is 1.48. The van der Waals surface area contributed by atoms with Gasteiger partial charge in [-0.3, -0.25) is 0 Å². The van der Waals surface area contributed by atoms with Crippen LogP contribution in [0.25, 0.3) is 0 Å². The molecule has 0 amide bonds. The summed E-state index contributed by atoms with van der Waals surface area (Å²) in [4.78, 5) is 0. The molecule has 0 aliphatic rings. The Balaban J connectivity index is -0.000000196. The number of sulfone groups is 1. The summed E-state index contributed by atoms with van der Waals surface area (Å²) in [5.41, 5.74) is 0. The zero-order valence-corrected chi connectivity index (χ0v) is 8.74. The molecule has 0 aromatic rings. The number of hydrogen-bond acceptors (Lipinski definition) is 2. The van der Waals surface area contributed by atoms with Crippen LogP contribution in [-0.2, 0) is 9.84 Å². The molecule has 0 fully saturated rings. The highest BCUT2D eigenvalue weighted by Gasteiger charge is 1.97. The van der Waals surface area contributed by atoms with Crippen LogP contribution in [0, 0.1) is 0 Å². The van der Waals surface area contributed by atoms with E-state index in [1.165, 1.54) is 6.26 Å². The fourth-order valence-corrected chi connectivity index (χ4v) is 1.22. The minimum absolute atomic E-state index is 0. The Morgan fingerprint density at radius 2 is 1.55 bits per heavy atom. The Morgan fingerprint density at radius 1 is 1.18 bits per heavy atom. The molecule has 0 aliphatic carbocycles. The van der Waals surface area contributed by atoms with Gasteiger partial charge in [-0.05, 0) is 6.42 Å². The van der Waals surface area contributed by atoms with Crippen LogP contribution in [0.5, 0.6) is 0 Å². The van der Waals surface area contributed by atoms with E-state index in [0.717, 1.165) is 12.8 Å². The van der Waals surface area contributed by atoms with E-state index in [0.29, 0.717) is 5.75 Å². The van der Waals surface area contributed by atoms with Gasteiger partial charge in [0.25, 0.3) is 0 Å². The second-order valence-corrected chi connectivity index (χ2v) is 4.24. The topological polar surface area (TPSA) is 34.1 Å². The second kappa shape index (κ2) is 10.0. The molecule has 0 aromatic carbocycles. The van der Waals surface area contributed by atoms with Crippen LogP contribution in [0.1, 0.15) is 33.6 Å². The Labute approximate surface area is 72.9 Å². The van der Waals surface area contributed by atoms with Gasteiger partial charge in [-0.15, -0.1) is 0 Å². The zero-order chi connectivity index (χ0) is 8.62. The Bertz CT molecular complexity index is 141. The Hall–Kier alpha value is 0.0149. The van der Waals surface area contributed by atoms with Crippen LogP contribution in [0.2, 0.25) is 0 Å². The van der Waals surface area contributed by atoms with Crippen molar-refractivity contribution >= 4 is 18.3 Å². The predicted molar refractivity (Wildman–Crippen MR) is 51.7 cm³/mol. The third-order valence-electron chi connectivity index (χ3n) is 0.869. The molecule has 0 atom stereocenters. The molecule has 67 valence electrons. The average molecular weight is 177 g/mol. The van der Waals surface area contributed by atoms with Gasteiger partial charge in [-0.1, -0.05) is 27.2 Å². The maximum Gasteiger partial charge on any atom is 0.147 e. The molecule has 4 heteroatoms. The van der Waals surface area contributed by atoms with Gasteiger partial charge < -0.3 is 0 Å². The second-order valence-electron chi connectivity index (χ2n) is 1.98. The van der Waals surface area contributed by atoms with Crippen LogP contribution >= 0.6 is 0 Å². The van der Waals surface area contributed by atoms with E-state index in [4.69, 9.17) is 0 Å². The average Bonchev–Trinajstić information content (AvgIpc) is 1.87. The van der Waals surface area contributed by atoms with Gasteiger partial charge in [-0.25, -0.2) is 8.42 Å². The molecule has 0 heterocycles. The molecule has 0 aromatic heterocycles.